The molecule has 0 spiro atoms. The van der Waals surface area contributed by atoms with Gasteiger partial charge < -0.3 is 5.32 Å². The molecule has 0 bridgehead atoms. The van der Waals surface area contributed by atoms with Crippen LogP contribution in [0.5, 0.6) is 0 Å². The largest absolute Gasteiger partial charge is 0.342 e. The van der Waals surface area contributed by atoms with Gasteiger partial charge in [-0.05, 0) is 61.1 Å². The lowest BCUT2D eigenvalue weighted by molar-refractivity contribution is 0.0932. The van der Waals surface area contributed by atoms with Crippen molar-refractivity contribution in [3.05, 3.63) is 78.1 Å². The van der Waals surface area contributed by atoms with E-state index in [1.165, 1.54) is 12.1 Å². The molecule has 1 aliphatic rings. The van der Waals surface area contributed by atoms with E-state index in [1.807, 2.05) is 18.4 Å². The third kappa shape index (κ3) is 3.23. The predicted octanol–water partition coefficient (Wildman–Crippen LogP) is 4.10. The highest BCUT2D eigenvalue weighted by atomic mass is 32.2. The van der Waals surface area contributed by atoms with Gasteiger partial charge in [0.15, 0.2) is 0 Å². The Morgan fingerprint density at radius 1 is 1.17 bits per heavy atom. The maximum atomic E-state index is 13.3. The molecule has 150 valence electrons. The topological polar surface area (TPSA) is 72.7 Å². The van der Waals surface area contributed by atoms with Crippen LogP contribution in [-0.2, 0) is 5.54 Å². The highest BCUT2D eigenvalue weighted by Crippen LogP contribution is 2.46. The number of benzene rings is 1. The molecule has 30 heavy (non-hydrogen) atoms. The predicted molar refractivity (Wildman–Crippen MR) is 113 cm³/mol. The Balaban J connectivity index is 1.48. The lowest BCUT2D eigenvalue weighted by Gasteiger charge is -2.18. The Labute approximate surface area is 176 Å². The molecular formula is C22H18FN5OS. The molecule has 0 saturated heterocycles. The van der Waals surface area contributed by atoms with Crippen LogP contribution >= 0.6 is 11.8 Å². The van der Waals surface area contributed by atoms with E-state index in [0.29, 0.717) is 22.2 Å². The molecule has 8 heteroatoms. The van der Waals surface area contributed by atoms with Crippen molar-refractivity contribution in [1.29, 1.82) is 0 Å². The second-order valence-electron chi connectivity index (χ2n) is 7.28. The Morgan fingerprint density at radius 2 is 1.97 bits per heavy atom. The molecule has 0 radical (unpaired) electrons. The van der Waals surface area contributed by atoms with Gasteiger partial charge in [-0.15, -0.1) is 11.8 Å². The minimum Gasteiger partial charge on any atom is -0.342 e. The summed E-state index contributed by atoms with van der Waals surface area (Å²) in [4.78, 5) is 21.7. The van der Waals surface area contributed by atoms with Crippen LogP contribution in [0.2, 0.25) is 0 Å². The zero-order chi connectivity index (χ0) is 20.7. The van der Waals surface area contributed by atoms with Gasteiger partial charge in [0, 0.05) is 17.8 Å². The highest BCUT2D eigenvalue weighted by Gasteiger charge is 2.46. The first kappa shape index (κ1) is 18.7. The van der Waals surface area contributed by atoms with Crippen molar-refractivity contribution in [1.82, 2.24) is 25.1 Å². The normalized spacial score (nSPS) is 14.6. The molecule has 1 aliphatic carbocycles. The zero-order valence-corrected chi connectivity index (χ0v) is 17.0. The maximum Gasteiger partial charge on any atom is 0.254 e. The van der Waals surface area contributed by atoms with E-state index in [1.54, 1.807) is 53.4 Å². The molecule has 5 rings (SSSR count). The minimum absolute atomic E-state index is 0.188. The molecule has 0 aliphatic heterocycles. The number of aromatic nitrogens is 4. The quantitative estimate of drug-likeness (QED) is 0.493. The third-order valence-corrected chi connectivity index (χ3v) is 6.05. The first-order chi connectivity index (χ1) is 14.6. The van der Waals surface area contributed by atoms with Crippen LogP contribution < -0.4 is 5.32 Å². The summed E-state index contributed by atoms with van der Waals surface area (Å²) >= 11 is 1.58. The van der Waals surface area contributed by atoms with E-state index in [4.69, 9.17) is 0 Å². The monoisotopic (exact) mass is 419 g/mol. The standard InChI is InChI=1S/C22H18FN5OS/c1-30-20-10-14(6-9-25-20)22(7-8-22)27-21(29)18-11-24-13-19-17(18)12-26-28(19)16-4-2-15(23)3-5-16/h2-6,9-13H,7-8H2,1H3,(H,27,29). The van der Waals surface area contributed by atoms with Crippen LogP contribution in [0, 0.1) is 5.82 Å². The number of thioether (sulfide) groups is 1. The van der Waals surface area contributed by atoms with Gasteiger partial charge in [0.25, 0.3) is 5.91 Å². The number of carbonyl (C=O) groups excluding carboxylic acids is 1. The zero-order valence-electron chi connectivity index (χ0n) is 16.2. The van der Waals surface area contributed by atoms with E-state index < -0.39 is 0 Å². The number of carbonyl (C=O) groups is 1. The molecule has 3 aromatic heterocycles. The van der Waals surface area contributed by atoms with Crippen molar-refractivity contribution < 1.29 is 9.18 Å². The second kappa shape index (κ2) is 7.21. The Hall–Kier alpha value is -3.26. The van der Waals surface area contributed by atoms with E-state index >= 15 is 0 Å². The molecule has 0 atom stereocenters. The van der Waals surface area contributed by atoms with Gasteiger partial charge in [0.2, 0.25) is 0 Å². The fraction of sp³-hybridized carbons (Fsp3) is 0.182. The van der Waals surface area contributed by atoms with Crippen LogP contribution in [0.25, 0.3) is 16.6 Å². The fourth-order valence-electron chi connectivity index (χ4n) is 3.62. The third-order valence-electron chi connectivity index (χ3n) is 5.41. The summed E-state index contributed by atoms with van der Waals surface area (Å²) in [5, 5.41) is 9.22. The number of amides is 1. The van der Waals surface area contributed by atoms with Gasteiger partial charge in [-0.2, -0.15) is 5.10 Å². The molecule has 0 unspecified atom stereocenters. The Morgan fingerprint density at radius 3 is 2.70 bits per heavy atom. The molecule has 3 heterocycles. The van der Waals surface area contributed by atoms with Gasteiger partial charge in [-0.25, -0.2) is 14.1 Å². The average Bonchev–Trinajstić information content (AvgIpc) is 3.43. The summed E-state index contributed by atoms with van der Waals surface area (Å²) in [6, 6.07) is 10.0. The lowest BCUT2D eigenvalue weighted by atomic mass is 10.1. The van der Waals surface area contributed by atoms with Gasteiger partial charge in [-0.3, -0.25) is 9.78 Å². The summed E-state index contributed by atoms with van der Waals surface area (Å²) < 4.78 is 14.9. The van der Waals surface area contributed by atoms with Crippen molar-refractivity contribution in [2.75, 3.05) is 6.26 Å². The van der Waals surface area contributed by atoms with Gasteiger partial charge in [0.1, 0.15) is 5.82 Å². The summed E-state index contributed by atoms with van der Waals surface area (Å²) in [5.74, 6) is -0.504. The van der Waals surface area contributed by atoms with Crippen molar-refractivity contribution in [3.8, 4) is 5.69 Å². The van der Waals surface area contributed by atoms with Gasteiger partial charge in [0.05, 0.1) is 39.7 Å². The summed E-state index contributed by atoms with van der Waals surface area (Å²) in [6.07, 6.45) is 10.4. The summed E-state index contributed by atoms with van der Waals surface area (Å²) in [7, 11) is 0. The number of halogens is 1. The number of fused-ring (bicyclic) bond motifs is 1. The molecule has 4 aromatic rings. The van der Waals surface area contributed by atoms with E-state index in [9.17, 15) is 9.18 Å². The van der Waals surface area contributed by atoms with Crippen LogP contribution in [0.3, 0.4) is 0 Å². The smallest absolute Gasteiger partial charge is 0.254 e. The van der Waals surface area contributed by atoms with Crippen molar-refractivity contribution in [2.45, 2.75) is 23.4 Å². The second-order valence-corrected chi connectivity index (χ2v) is 8.10. The number of nitrogens with zero attached hydrogens (tertiary/aromatic N) is 4. The fourth-order valence-corrected chi connectivity index (χ4v) is 4.04. The Bertz CT molecular complexity index is 1250. The molecule has 1 aromatic carbocycles. The van der Waals surface area contributed by atoms with Crippen molar-refractivity contribution >= 4 is 28.6 Å². The SMILES string of the molecule is CSc1cc(C2(NC(=O)c3cncc4c3cnn4-c3ccc(F)cc3)CC2)ccn1. The lowest BCUT2D eigenvalue weighted by Crippen LogP contribution is -2.35. The summed E-state index contributed by atoms with van der Waals surface area (Å²) in [5.41, 5.74) is 2.56. The molecular weight excluding hydrogens is 401 g/mol. The van der Waals surface area contributed by atoms with E-state index in [2.05, 4.69) is 20.4 Å². The first-order valence-corrected chi connectivity index (χ1v) is 10.7. The van der Waals surface area contributed by atoms with Crippen molar-refractivity contribution in [3.63, 3.8) is 0 Å². The van der Waals surface area contributed by atoms with Crippen molar-refractivity contribution in [2.24, 2.45) is 0 Å². The van der Waals surface area contributed by atoms with Crippen LogP contribution in [-0.4, -0.2) is 31.9 Å². The Kier molecular flexibility index (Phi) is 4.51. The summed E-state index contributed by atoms with van der Waals surface area (Å²) in [6.45, 7) is 0. The number of nitrogens with one attached hydrogen (secondary N) is 1. The number of pyridine rings is 2. The van der Waals surface area contributed by atoms with Crippen LogP contribution in [0.15, 0.2) is 66.2 Å². The first-order valence-electron chi connectivity index (χ1n) is 9.50. The molecule has 1 saturated carbocycles. The number of hydrogen-bond acceptors (Lipinski definition) is 5. The number of hydrogen-bond donors (Lipinski definition) is 1. The molecule has 1 N–H and O–H groups in total. The molecule has 1 amide bonds. The average molecular weight is 419 g/mol. The van der Waals surface area contributed by atoms with Crippen LogP contribution in [0.1, 0.15) is 28.8 Å². The minimum atomic E-state index is -0.361. The van der Waals surface area contributed by atoms with Crippen LogP contribution in [0.4, 0.5) is 4.39 Å². The van der Waals surface area contributed by atoms with Gasteiger partial charge in [-0.1, -0.05) is 0 Å². The molecule has 1 fully saturated rings. The van der Waals surface area contributed by atoms with E-state index in [0.717, 1.165) is 23.4 Å². The van der Waals surface area contributed by atoms with Gasteiger partial charge >= 0.3 is 0 Å². The highest BCUT2D eigenvalue weighted by molar-refractivity contribution is 7.98. The maximum absolute atomic E-state index is 13.3. The van der Waals surface area contributed by atoms with E-state index in [-0.39, 0.29) is 17.3 Å². The molecule has 6 nitrogen and oxygen atoms in total. The number of rotatable bonds is 5.